The molecule has 154 valence electrons. The van der Waals surface area contributed by atoms with Crippen molar-refractivity contribution >= 4 is 29.1 Å². The van der Waals surface area contributed by atoms with Gasteiger partial charge in [0.1, 0.15) is 11.4 Å². The minimum atomic E-state index is -0.168. The third-order valence-corrected chi connectivity index (χ3v) is 6.64. The normalized spacial score (nSPS) is 18.6. The van der Waals surface area contributed by atoms with E-state index in [1.165, 1.54) is 0 Å². The fourth-order valence-corrected chi connectivity index (χ4v) is 4.50. The third-order valence-electron chi connectivity index (χ3n) is 5.90. The van der Waals surface area contributed by atoms with Gasteiger partial charge in [-0.1, -0.05) is 29.3 Å². The van der Waals surface area contributed by atoms with E-state index in [0.29, 0.717) is 40.4 Å². The Hall–Kier alpha value is -2.57. The lowest BCUT2D eigenvalue weighted by molar-refractivity contribution is 0.0533. The summed E-state index contributed by atoms with van der Waals surface area (Å²) in [6.45, 7) is 2.81. The van der Waals surface area contributed by atoms with E-state index in [0.717, 1.165) is 24.1 Å². The summed E-state index contributed by atoms with van der Waals surface area (Å²) in [7, 11) is 0. The molecule has 3 heterocycles. The number of imidazole rings is 1. The van der Waals surface area contributed by atoms with Crippen LogP contribution in [-0.4, -0.2) is 31.0 Å². The molecule has 1 aliphatic carbocycles. The number of aryl methyl sites for hydroxylation is 1. The average Bonchev–Trinajstić information content (AvgIpc) is 3.48. The third kappa shape index (κ3) is 3.34. The molecule has 6 nitrogen and oxygen atoms in total. The van der Waals surface area contributed by atoms with Crippen molar-refractivity contribution in [1.29, 1.82) is 0 Å². The van der Waals surface area contributed by atoms with Crippen LogP contribution in [0.4, 0.5) is 0 Å². The van der Waals surface area contributed by atoms with Gasteiger partial charge in [0.2, 0.25) is 0 Å². The highest BCUT2D eigenvalue weighted by molar-refractivity contribution is 6.42. The lowest BCUT2D eigenvalue weighted by Gasteiger charge is -2.38. The number of amides is 1. The molecule has 0 bridgehead atoms. The zero-order valence-electron chi connectivity index (χ0n) is 16.4. The van der Waals surface area contributed by atoms with Gasteiger partial charge in [-0.2, -0.15) is 0 Å². The largest absolute Gasteiger partial charge is 0.328 e. The maximum atomic E-state index is 13.4. The molecule has 5 rings (SSSR count). The van der Waals surface area contributed by atoms with Crippen molar-refractivity contribution < 1.29 is 4.79 Å². The number of halogens is 2. The summed E-state index contributed by atoms with van der Waals surface area (Å²) in [5.41, 5.74) is 2.50. The number of carbonyl (C=O) groups is 1. The lowest BCUT2D eigenvalue weighted by Crippen LogP contribution is -2.51. The van der Waals surface area contributed by atoms with Crippen molar-refractivity contribution in [2.75, 3.05) is 0 Å². The van der Waals surface area contributed by atoms with Gasteiger partial charge in [0.25, 0.3) is 11.5 Å². The maximum absolute atomic E-state index is 13.4. The number of carbonyl (C=O) groups excluding carboxylic acids is 1. The smallest absolute Gasteiger partial charge is 0.275 e. The first-order chi connectivity index (χ1) is 14.4. The number of hydrogen-bond donors (Lipinski definition) is 0. The molecule has 1 atom stereocenters. The van der Waals surface area contributed by atoms with E-state index in [9.17, 15) is 9.59 Å². The topological polar surface area (TPSA) is 60.1 Å². The highest BCUT2D eigenvalue weighted by atomic mass is 35.5. The first-order valence-electron chi connectivity index (χ1n) is 9.92. The van der Waals surface area contributed by atoms with Gasteiger partial charge < -0.3 is 14.0 Å². The first kappa shape index (κ1) is 19.4. The number of benzene rings is 1. The van der Waals surface area contributed by atoms with E-state index in [1.807, 2.05) is 24.1 Å². The Bertz CT molecular complexity index is 1210. The fourth-order valence-electron chi connectivity index (χ4n) is 4.18. The molecule has 1 aliphatic heterocycles. The van der Waals surface area contributed by atoms with Crippen LogP contribution in [0.5, 0.6) is 0 Å². The second-order valence-electron chi connectivity index (χ2n) is 8.03. The predicted molar refractivity (Wildman–Crippen MR) is 115 cm³/mol. The van der Waals surface area contributed by atoms with Crippen LogP contribution >= 0.6 is 23.2 Å². The minimum absolute atomic E-state index is 0.0167. The summed E-state index contributed by atoms with van der Waals surface area (Å²) in [6.07, 6.45) is 5.57. The molecule has 1 aromatic carbocycles. The Morgan fingerprint density at radius 2 is 1.90 bits per heavy atom. The van der Waals surface area contributed by atoms with Crippen LogP contribution < -0.4 is 5.56 Å². The van der Waals surface area contributed by atoms with Crippen LogP contribution in [0.2, 0.25) is 10.0 Å². The summed E-state index contributed by atoms with van der Waals surface area (Å²) >= 11 is 12.2. The number of fused-ring (bicyclic) bond motifs is 1. The molecule has 2 aliphatic rings. The summed E-state index contributed by atoms with van der Waals surface area (Å²) in [5, 5.41) is 0.960. The van der Waals surface area contributed by atoms with Crippen molar-refractivity contribution in [3.63, 3.8) is 0 Å². The fraction of sp³-hybridized carbons (Fsp3) is 0.318. The Morgan fingerprint density at radius 1 is 1.10 bits per heavy atom. The van der Waals surface area contributed by atoms with Gasteiger partial charge in [-0.25, -0.2) is 4.98 Å². The molecular formula is C22H20Cl2N4O2. The molecule has 0 radical (unpaired) electrons. The molecule has 1 amide bonds. The summed E-state index contributed by atoms with van der Waals surface area (Å²) < 4.78 is 3.34. The van der Waals surface area contributed by atoms with Gasteiger partial charge in [0.05, 0.1) is 28.1 Å². The molecule has 30 heavy (non-hydrogen) atoms. The summed E-state index contributed by atoms with van der Waals surface area (Å²) in [6, 6.07) is 8.85. The molecule has 1 fully saturated rings. The SMILES string of the molecule is Cc1cn(-c2ccc3n(c2=O)C[C@@H](C2CC2)N(Cc2ccc(Cl)c(Cl)c2)C3=O)cn1. The Balaban J connectivity index is 1.53. The Labute approximate surface area is 183 Å². The van der Waals surface area contributed by atoms with Crippen LogP contribution in [0.1, 0.15) is 34.6 Å². The van der Waals surface area contributed by atoms with Gasteiger partial charge in [-0.15, -0.1) is 0 Å². The predicted octanol–water partition coefficient (Wildman–Crippen LogP) is 4.08. The minimum Gasteiger partial charge on any atom is -0.328 e. The van der Waals surface area contributed by atoms with Crippen molar-refractivity contribution in [3.8, 4) is 5.69 Å². The van der Waals surface area contributed by atoms with Crippen molar-refractivity contribution in [2.45, 2.75) is 38.9 Å². The molecule has 1 saturated carbocycles. The van der Waals surface area contributed by atoms with Crippen molar-refractivity contribution in [2.24, 2.45) is 5.92 Å². The van der Waals surface area contributed by atoms with Crippen molar-refractivity contribution in [1.82, 2.24) is 19.0 Å². The van der Waals surface area contributed by atoms with Crippen LogP contribution in [0.3, 0.4) is 0 Å². The number of rotatable bonds is 4. The monoisotopic (exact) mass is 442 g/mol. The van der Waals surface area contributed by atoms with Crippen LogP contribution in [0.25, 0.3) is 5.69 Å². The van der Waals surface area contributed by atoms with E-state index < -0.39 is 0 Å². The number of aromatic nitrogens is 3. The second-order valence-corrected chi connectivity index (χ2v) is 8.84. The molecule has 0 saturated heterocycles. The zero-order chi connectivity index (χ0) is 21.0. The first-order valence-corrected chi connectivity index (χ1v) is 10.7. The van der Waals surface area contributed by atoms with Crippen LogP contribution in [0.15, 0.2) is 47.7 Å². The van der Waals surface area contributed by atoms with E-state index in [4.69, 9.17) is 23.2 Å². The molecule has 3 aromatic rings. The van der Waals surface area contributed by atoms with Crippen LogP contribution in [-0.2, 0) is 13.1 Å². The van der Waals surface area contributed by atoms with Gasteiger partial charge in [-0.05, 0) is 55.5 Å². The van der Waals surface area contributed by atoms with E-state index in [1.54, 1.807) is 39.7 Å². The lowest BCUT2D eigenvalue weighted by atomic mass is 10.0. The van der Waals surface area contributed by atoms with E-state index >= 15 is 0 Å². The molecule has 0 unspecified atom stereocenters. The summed E-state index contributed by atoms with van der Waals surface area (Å²) in [5.74, 6) is 0.283. The van der Waals surface area contributed by atoms with Crippen molar-refractivity contribution in [3.05, 3.63) is 80.2 Å². The molecule has 8 heteroatoms. The van der Waals surface area contributed by atoms with Gasteiger partial charge in [0.15, 0.2) is 0 Å². The second kappa shape index (κ2) is 7.29. The van der Waals surface area contributed by atoms with Crippen LogP contribution in [0, 0.1) is 12.8 Å². The van der Waals surface area contributed by atoms with E-state index in [2.05, 4.69) is 4.98 Å². The Morgan fingerprint density at radius 3 is 2.57 bits per heavy atom. The molecule has 0 spiro atoms. The van der Waals surface area contributed by atoms with E-state index in [-0.39, 0.29) is 17.5 Å². The highest BCUT2D eigenvalue weighted by Crippen LogP contribution is 2.39. The number of nitrogens with zero attached hydrogens (tertiary/aromatic N) is 4. The van der Waals surface area contributed by atoms with Gasteiger partial charge in [0, 0.05) is 19.3 Å². The number of pyridine rings is 1. The highest BCUT2D eigenvalue weighted by Gasteiger charge is 2.42. The summed E-state index contributed by atoms with van der Waals surface area (Å²) in [4.78, 5) is 32.7. The van der Waals surface area contributed by atoms with Gasteiger partial charge in [-0.3, -0.25) is 9.59 Å². The quantitative estimate of drug-likeness (QED) is 0.611. The average molecular weight is 443 g/mol. The molecule has 0 N–H and O–H groups in total. The maximum Gasteiger partial charge on any atom is 0.275 e. The zero-order valence-corrected chi connectivity index (χ0v) is 17.9. The molecule has 2 aromatic heterocycles. The van der Waals surface area contributed by atoms with Gasteiger partial charge >= 0.3 is 0 Å². The number of hydrogen-bond acceptors (Lipinski definition) is 3. The standard InChI is InChI=1S/C22H20Cl2N4O2/c1-13-9-26(12-25-13)18-6-7-19-22(30)27(10-14-2-5-16(23)17(24)8-14)20(15-3-4-15)11-28(19)21(18)29/h2,5-9,12,15,20H,3-4,10-11H2,1H3/t20-/m0/s1. The molecular weight excluding hydrogens is 423 g/mol. The Kier molecular flexibility index (Phi) is 4.71.